The number of benzene rings is 2. The first-order chi connectivity index (χ1) is 11.2. The topological polar surface area (TPSA) is 21.7 Å². The van der Waals surface area contributed by atoms with E-state index in [4.69, 9.17) is 9.47 Å². The molecule has 0 fully saturated rings. The fraction of sp³-hybridized carbons (Fsp3) is 0.400. The second-order valence-corrected chi connectivity index (χ2v) is 6.25. The van der Waals surface area contributed by atoms with Crippen LogP contribution >= 0.6 is 0 Å². The second-order valence-electron chi connectivity index (χ2n) is 6.25. The third-order valence-electron chi connectivity index (χ3n) is 4.35. The summed E-state index contributed by atoms with van der Waals surface area (Å²) in [7, 11) is 4.24. The van der Waals surface area contributed by atoms with Gasteiger partial charge < -0.3 is 14.4 Å². The molecule has 0 amide bonds. The van der Waals surface area contributed by atoms with Crippen molar-refractivity contribution in [2.45, 2.75) is 25.3 Å². The third-order valence-corrected chi connectivity index (χ3v) is 4.35. The van der Waals surface area contributed by atoms with Crippen LogP contribution in [0.5, 0.6) is 11.5 Å². The van der Waals surface area contributed by atoms with Crippen LogP contribution in [0.1, 0.15) is 30.0 Å². The van der Waals surface area contributed by atoms with Crippen molar-refractivity contribution in [3.05, 3.63) is 59.7 Å². The van der Waals surface area contributed by atoms with E-state index < -0.39 is 0 Å². The minimum absolute atomic E-state index is 0.372. The van der Waals surface area contributed by atoms with Crippen LogP contribution in [0.25, 0.3) is 0 Å². The fourth-order valence-electron chi connectivity index (χ4n) is 3.11. The van der Waals surface area contributed by atoms with E-state index in [0.717, 1.165) is 37.4 Å². The van der Waals surface area contributed by atoms with E-state index in [9.17, 15) is 0 Å². The van der Waals surface area contributed by atoms with Crippen molar-refractivity contribution in [1.82, 2.24) is 4.90 Å². The Balaban J connectivity index is 1.59. The van der Waals surface area contributed by atoms with Crippen LogP contribution in [0.3, 0.4) is 0 Å². The fourth-order valence-corrected chi connectivity index (χ4v) is 3.11. The Morgan fingerprint density at radius 2 is 1.96 bits per heavy atom. The largest absolute Gasteiger partial charge is 0.494 e. The zero-order valence-corrected chi connectivity index (χ0v) is 14.0. The van der Waals surface area contributed by atoms with Gasteiger partial charge in [-0.3, -0.25) is 0 Å². The summed E-state index contributed by atoms with van der Waals surface area (Å²) in [6, 6.07) is 17.1. The van der Waals surface area contributed by atoms with Crippen LogP contribution < -0.4 is 9.47 Å². The zero-order valence-electron chi connectivity index (χ0n) is 14.0. The van der Waals surface area contributed by atoms with Gasteiger partial charge in [-0.1, -0.05) is 30.3 Å². The molecule has 3 nitrogen and oxygen atoms in total. The van der Waals surface area contributed by atoms with Crippen molar-refractivity contribution < 1.29 is 9.47 Å². The summed E-state index contributed by atoms with van der Waals surface area (Å²) >= 11 is 0. The molecule has 1 aliphatic heterocycles. The number of ether oxygens (including phenoxy) is 2. The van der Waals surface area contributed by atoms with Gasteiger partial charge in [-0.2, -0.15) is 0 Å². The molecular weight excluding hydrogens is 286 g/mol. The molecule has 0 saturated carbocycles. The van der Waals surface area contributed by atoms with Crippen molar-refractivity contribution in [1.29, 1.82) is 0 Å². The lowest BCUT2D eigenvalue weighted by molar-refractivity contribution is 0.223. The van der Waals surface area contributed by atoms with Gasteiger partial charge in [-0.25, -0.2) is 0 Å². The quantitative estimate of drug-likeness (QED) is 0.802. The van der Waals surface area contributed by atoms with Gasteiger partial charge in [-0.15, -0.1) is 0 Å². The molecule has 2 aromatic rings. The van der Waals surface area contributed by atoms with Gasteiger partial charge in [-0.05, 0) is 56.3 Å². The van der Waals surface area contributed by atoms with Gasteiger partial charge in [0.25, 0.3) is 0 Å². The van der Waals surface area contributed by atoms with E-state index in [1.807, 2.05) is 12.1 Å². The van der Waals surface area contributed by atoms with Crippen LogP contribution in [0.4, 0.5) is 0 Å². The van der Waals surface area contributed by atoms with E-state index in [-0.39, 0.29) is 0 Å². The van der Waals surface area contributed by atoms with Gasteiger partial charge in [0.2, 0.25) is 0 Å². The van der Waals surface area contributed by atoms with Crippen LogP contribution in [0.15, 0.2) is 48.5 Å². The highest BCUT2D eigenvalue weighted by atomic mass is 16.5. The van der Waals surface area contributed by atoms with E-state index in [2.05, 4.69) is 55.4 Å². The molecular formula is C20H25NO2. The van der Waals surface area contributed by atoms with Crippen molar-refractivity contribution in [3.63, 3.8) is 0 Å². The molecule has 0 bridgehead atoms. The van der Waals surface area contributed by atoms with E-state index in [1.54, 1.807) is 0 Å². The zero-order chi connectivity index (χ0) is 16.1. The average Bonchev–Trinajstić information content (AvgIpc) is 2.59. The van der Waals surface area contributed by atoms with Gasteiger partial charge in [0.05, 0.1) is 13.2 Å². The van der Waals surface area contributed by atoms with Crippen molar-refractivity contribution in [2.75, 3.05) is 27.3 Å². The molecule has 0 saturated heterocycles. The monoisotopic (exact) mass is 311 g/mol. The number of hydrogen-bond acceptors (Lipinski definition) is 3. The van der Waals surface area contributed by atoms with E-state index >= 15 is 0 Å². The predicted octanol–water partition coefficient (Wildman–Crippen LogP) is 4.08. The molecule has 0 aliphatic carbocycles. The molecule has 23 heavy (non-hydrogen) atoms. The van der Waals surface area contributed by atoms with Crippen molar-refractivity contribution in [2.24, 2.45) is 0 Å². The van der Waals surface area contributed by atoms with Gasteiger partial charge in [0.15, 0.2) is 0 Å². The Morgan fingerprint density at radius 1 is 1.13 bits per heavy atom. The molecule has 1 aliphatic rings. The van der Waals surface area contributed by atoms with Gasteiger partial charge in [0, 0.05) is 12.5 Å². The Labute approximate surface area is 138 Å². The van der Waals surface area contributed by atoms with E-state index in [0.29, 0.717) is 12.6 Å². The molecule has 3 rings (SSSR count). The molecule has 1 heterocycles. The molecule has 0 N–H and O–H groups in total. The average molecular weight is 311 g/mol. The van der Waals surface area contributed by atoms with Crippen LogP contribution in [0.2, 0.25) is 0 Å². The smallest absolute Gasteiger partial charge is 0.122 e. The summed E-state index contributed by atoms with van der Waals surface area (Å²) in [4.78, 5) is 2.25. The minimum Gasteiger partial charge on any atom is -0.494 e. The normalized spacial score (nSPS) is 14.9. The molecule has 0 spiro atoms. The molecule has 3 heteroatoms. The Bertz CT molecular complexity index is 625. The predicted molar refractivity (Wildman–Crippen MR) is 93.2 cm³/mol. The molecule has 0 radical (unpaired) electrons. The summed E-state index contributed by atoms with van der Waals surface area (Å²) < 4.78 is 11.6. The summed E-state index contributed by atoms with van der Waals surface area (Å²) in [6.45, 7) is 1.53. The molecule has 122 valence electrons. The Kier molecular flexibility index (Phi) is 5.19. The Hall–Kier alpha value is -2.00. The highest BCUT2D eigenvalue weighted by Crippen LogP contribution is 2.29. The maximum atomic E-state index is 5.99. The van der Waals surface area contributed by atoms with Gasteiger partial charge >= 0.3 is 0 Å². The van der Waals surface area contributed by atoms with E-state index in [1.165, 1.54) is 11.1 Å². The molecule has 1 atom stereocenters. The SMILES string of the molecule is CN(C)C(CCOc1ccc2c(c1)CCCO2)c1ccccc1. The first kappa shape index (κ1) is 15.9. The molecule has 2 aromatic carbocycles. The maximum absolute atomic E-state index is 5.99. The summed E-state index contributed by atoms with van der Waals surface area (Å²) in [5, 5.41) is 0. The number of fused-ring (bicyclic) bond motifs is 1. The van der Waals surface area contributed by atoms with Crippen LogP contribution in [-0.4, -0.2) is 32.2 Å². The first-order valence-electron chi connectivity index (χ1n) is 8.34. The lowest BCUT2D eigenvalue weighted by Crippen LogP contribution is -2.22. The molecule has 0 aromatic heterocycles. The minimum atomic E-state index is 0.372. The number of hydrogen-bond donors (Lipinski definition) is 0. The lowest BCUT2D eigenvalue weighted by atomic mass is 10.0. The maximum Gasteiger partial charge on any atom is 0.122 e. The highest BCUT2D eigenvalue weighted by molar-refractivity contribution is 5.41. The highest BCUT2D eigenvalue weighted by Gasteiger charge is 2.15. The summed E-state index contributed by atoms with van der Waals surface area (Å²) in [6.07, 6.45) is 3.13. The first-order valence-corrected chi connectivity index (χ1v) is 8.34. The number of aryl methyl sites for hydroxylation is 1. The second kappa shape index (κ2) is 7.51. The standard InChI is InChI=1S/C20H25NO2/c1-21(2)19(16-7-4-3-5-8-16)12-14-22-18-10-11-20-17(15-18)9-6-13-23-20/h3-5,7-8,10-11,15,19H,6,9,12-14H2,1-2H3. The van der Waals surface area contributed by atoms with Crippen molar-refractivity contribution >= 4 is 0 Å². The van der Waals surface area contributed by atoms with Crippen LogP contribution in [-0.2, 0) is 6.42 Å². The third kappa shape index (κ3) is 4.05. The summed E-state index contributed by atoms with van der Waals surface area (Å²) in [5.41, 5.74) is 2.60. The number of rotatable bonds is 6. The Morgan fingerprint density at radius 3 is 2.74 bits per heavy atom. The van der Waals surface area contributed by atoms with Crippen LogP contribution in [0, 0.1) is 0 Å². The lowest BCUT2D eigenvalue weighted by Gasteiger charge is -2.25. The number of nitrogens with zero attached hydrogens (tertiary/aromatic N) is 1. The molecule has 1 unspecified atom stereocenters. The van der Waals surface area contributed by atoms with Gasteiger partial charge in [0.1, 0.15) is 11.5 Å². The van der Waals surface area contributed by atoms with Crippen molar-refractivity contribution in [3.8, 4) is 11.5 Å². The summed E-state index contributed by atoms with van der Waals surface area (Å²) in [5.74, 6) is 1.96.